The van der Waals surface area contributed by atoms with Gasteiger partial charge in [0.1, 0.15) is 0 Å². The van der Waals surface area contributed by atoms with Gasteiger partial charge in [0.15, 0.2) is 0 Å². The largest absolute Gasteiger partial charge is 0.310 e. The van der Waals surface area contributed by atoms with Gasteiger partial charge in [0.2, 0.25) is 0 Å². The maximum Gasteiger partial charge on any atom is 0.269 e. The van der Waals surface area contributed by atoms with Gasteiger partial charge in [0, 0.05) is 18.2 Å². The zero-order valence-electron chi connectivity index (χ0n) is 11.0. The molecule has 0 amide bonds. The van der Waals surface area contributed by atoms with Crippen LogP contribution in [0.2, 0.25) is 4.34 Å². The minimum atomic E-state index is -0.385. The van der Waals surface area contributed by atoms with E-state index in [9.17, 15) is 10.1 Å². The Bertz CT molecular complexity index is 583. The van der Waals surface area contributed by atoms with Crippen molar-refractivity contribution in [3.8, 4) is 0 Å². The van der Waals surface area contributed by atoms with Gasteiger partial charge in [0.05, 0.1) is 9.26 Å². The molecule has 0 bridgehead atoms. The SMILES string of the molecule is CC(NCCc1ccc([N+](=O)[O-])cc1)c1csc(Cl)c1. The standard InChI is InChI=1S/C14H15ClN2O2S/c1-10(12-8-14(15)20-9-12)16-7-6-11-2-4-13(5-3-11)17(18)19/h2-5,8-10,16H,6-7H2,1H3. The Labute approximate surface area is 126 Å². The lowest BCUT2D eigenvalue weighted by Gasteiger charge is -2.12. The second-order valence-corrected chi connectivity index (χ2v) is 6.08. The van der Waals surface area contributed by atoms with Crippen molar-refractivity contribution >= 4 is 28.6 Å². The van der Waals surface area contributed by atoms with Crippen LogP contribution in [0.3, 0.4) is 0 Å². The number of nitrogens with one attached hydrogen (secondary N) is 1. The van der Waals surface area contributed by atoms with Gasteiger partial charge in [-0.15, -0.1) is 11.3 Å². The van der Waals surface area contributed by atoms with Crippen LogP contribution in [0.4, 0.5) is 5.69 Å². The van der Waals surface area contributed by atoms with Gasteiger partial charge in [-0.3, -0.25) is 10.1 Å². The molecule has 0 saturated heterocycles. The minimum Gasteiger partial charge on any atom is -0.310 e. The predicted octanol–water partition coefficient (Wildman–Crippen LogP) is 4.20. The molecule has 1 N–H and O–H groups in total. The van der Waals surface area contributed by atoms with E-state index < -0.39 is 0 Å². The van der Waals surface area contributed by atoms with Crippen LogP contribution in [-0.4, -0.2) is 11.5 Å². The van der Waals surface area contributed by atoms with E-state index in [0.717, 1.165) is 22.9 Å². The molecule has 0 fully saturated rings. The third-order valence-electron chi connectivity index (χ3n) is 3.10. The summed E-state index contributed by atoms with van der Waals surface area (Å²) in [6.45, 7) is 2.90. The van der Waals surface area contributed by atoms with E-state index in [4.69, 9.17) is 11.6 Å². The first-order chi connectivity index (χ1) is 9.56. The Balaban J connectivity index is 1.82. The number of hydrogen-bond acceptors (Lipinski definition) is 4. The molecule has 1 heterocycles. The van der Waals surface area contributed by atoms with Crippen LogP contribution < -0.4 is 5.32 Å². The van der Waals surface area contributed by atoms with Crippen LogP contribution in [-0.2, 0) is 6.42 Å². The number of hydrogen-bond donors (Lipinski definition) is 1. The van der Waals surface area contributed by atoms with Crippen molar-refractivity contribution in [1.29, 1.82) is 0 Å². The molecule has 1 aromatic carbocycles. The molecule has 106 valence electrons. The number of non-ortho nitro benzene ring substituents is 1. The Morgan fingerprint density at radius 3 is 2.65 bits per heavy atom. The lowest BCUT2D eigenvalue weighted by atomic mass is 10.1. The van der Waals surface area contributed by atoms with Crippen LogP contribution in [0.25, 0.3) is 0 Å². The Morgan fingerprint density at radius 2 is 2.10 bits per heavy atom. The first kappa shape index (κ1) is 15.0. The third-order valence-corrected chi connectivity index (χ3v) is 4.21. The first-order valence-electron chi connectivity index (χ1n) is 6.27. The Hall–Kier alpha value is -1.43. The van der Waals surface area contributed by atoms with Crippen molar-refractivity contribution in [2.75, 3.05) is 6.54 Å². The number of halogens is 1. The fourth-order valence-electron chi connectivity index (χ4n) is 1.89. The molecule has 0 radical (unpaired) electrons. The molecule has 1 aromatic heterocycles. The molecule has 0 aliphatic heterocycles. The zero-order valence-corrected chi connectivity index (χ0v) is 12.6. The third kappa shape index (κ3) is 4.03. The van der Waals surface area contributed by atoms with Crippen LogP contribution in [0.15, 0.2) is 35.7 Å². The number of nitro benzene ring substituents is 1. The van der Waals surface area contributed by atoms with Crippen molar-refractivity contribution in [3.05, 3.63) is 61.3 Å². The smallest absolute Gasteiger partial charge is 0.269 e. The van der Waals surface area contributed by atoms with E-state index in [1.807, 2.05) is 11.4 Å². The molecule has 2 rings (SSSR count). The average molecular weight is 311 g/mol. The van der Waals surface area contributed by atoms with Crippen molar-refractivity contribution in [2.24, 2.45) is 0 Å². The summed E-state index contributed by atoms with van der Waals surface area (Å²) in [7, 11) is 0. The highest BCUT2D eigenvalue weighted by molar-refractivity contribution is 7.14. The molecule has 20 heavy (non-hydrogen) atoms. The monoisotopic (exact) mass is 310 g/mol. The summed E-state index contributed by atoms with van der Waals surface area (Å²) in [6.07, 6.45) is 0.834. The second-order valence-electron chi connectivity index (χ2n) is 4.53. The molecule has 6 heteroatoms. The predicted molar refractivity (Wildman–Crippen MR) is 82.5 cm³/mol. The maximum atomic E-state index is 10.6. The summed E-state index contributed by atoms with van der Waals surface area (Å²) >= 11 is 7.44. The first-order valence-corrected chi connectivity index (χ1v) is 7.52. The molecular weight excluding hydrogens is 296 g/mol. The van der Waals surface area contributed by atoms with Gasteiger partial charge >= 0.3 is 0 Å². The van der Waals surface area contributed by atoms with Crippen LogP contribution >= 0.6 is 22.9 Å². The van der Waals surface area contributed by atoms with Crippen LogP contribution in [0.5, 0.6) is 0 Å². The van der Waals surface area contributed by atoms with Gasteiger partial charge in [0.25, 0.3) is 5.69 Å². The van der Waals surface area contributed by atoms with E-state index in [0.29, 0.717) is 0 Å². The van der Waals surface area contributed by atoms with Crippen LogP contribution in [0.1, 0.15) is 24.1 Å². The van der Waals surface area contributed by atoms with Crippen molar-refractivity contribution in [2.45, 2.75) is 19.4 Å². The van der Waals surface area contributed by atoms with E-state index in [2.05, 4.69) is 12.2 Å². The van der Waals surface area contributed by atoms with Crippen LogP contribution in [0, 0.1) is 10.1 Å². The summed E-state index contributed by atoms with van der Waals surface area (Å²) in [5.74, 6) is 0. The summed E-state index contributed by atoms with van der Waals surface area (Å²) in [5.41, 5.74) is 2.39. The van der Waals surface area contributed by atoms with Crippen molar-refractivity contribution in [1.82, 2.24) is 5.32 Å². The molecule has 0 spiro atoms. The lowest BCUT2D eigenvalue weighted by Crippen LogP contribution is -2.20. The topological polar surface area (TPSA) is 55.2 Å². The molecule has 0 aliphatic carbocycles. The molecule has 2 aromatic rings. The zero-order chi connectivity index (χ0) is 14.5. The van der Waals surface area contributed by atoms with Gasteiger partial charge in [-0.05, 0) is 42.5 Å². The van der Waals surface area contributed by atoms with E-state index >= 15 is 0 Å². The van der Waals surface area contributed by atoms with Crippen molar-refractivity contribution < 1.29 is 4.92 Å². The summed E-state index contributed by atoms with van der Waals surface area (Å²) < 4.78 is 0.795. The molecule has 0 saturated carbocycles. The quantitative estimate of drug-likeness (QED) is 0.642. The minimum absolute atomic E-state index is 0.128. The molecule has 4 nitrogen and oxygen atoms in total. The Morgan fingerprint density at radius 1 is 1.40 bits per heavy atom. The second kappa shape index (κ2) is 6.83. The highest BCUT2D eigenvalue weighted by atomic mass is 35.5. The summed E-state index contributed by atoms with van der Waals surface area (Å²) in [4.78, 5) is 10.2. The molecular formula is C14H15ClN2O2S. The number of benzene rings is 1. The summed E-state index contributed by atoms with van der Waals surface area (Å²) in [5, 5.41) is 16.0. The van der Waals surface area contributed by atoms with E-state index in [1.54, 1.807) is 12.1 Å². The van der Waals surface area contributed by atoms with Gasteiger partial charge < -0.3 is 5.32 Å². The lowest BCUT2D eigenvalue weighted by molar-refractivity contribution is -0.384. The maximum absolute atomic E-state index is 10.6. The summed E-state index contributed by atoms with van der Waals surface area (Å²) in [6, 6.07) is 8.89. The molecule has 1 atom stereocenters. The van der Waals surface area contributed by atoms with E-state index in [-0.39, 0.29) is 16.7 Å². The average Bonchev–Trinajstić information content (AvgIpc) is 2.86. The van der Waals surface area contributed by atoms with Gasteiger partial charge in [-0.1, -0.05) is 23.7 Å². The molecule has 0 aliphatic rings. The highest BCUT2D eigenvalue weighted by Gasteiger charge is 2.07. The Kier molecular flexibility index (Phi) is 5.11. The number of rotatable bonds is 6. The highest BCUT2D eigenvalue weighted by Crippen LogP contribution is 2.24. The fraction of sp³-hybridized carbons (Fsp3) is 0.286. The van der Waals surface area contributed by atoms with Crippen molar-refractivity contribution in [3.63, 3.8) is 0 Å². The van der Waals surface area contributed by atoms with E-state index in [1.165, 1.54) is 29.0 Å². The molecule has 1 unspecified atom stereocenters. The number of nitro groups is 1. The number of thiophene rings is 1. The van der Waals surface area contributed by atoms with Gasteiger partial charge in [-0.2, -0.15) is 0 Å². The fourth-order valence-corrected chi connectivity index (χ4v) is 2.87. The number of nitrogens with zero attached hydrogens (tertiary/aromatic N) is 1. The van der Waals surface area contributed by atoms with Gasteiger partial charge in [-0.25, -0.2) is 0 Å². The normalized spacial score (nSPS) is 12.3.